The molecule has 8 nitrogen and oxygen atoms in total. The van der Waals surface area contributed by atoms with Crippen LogP contribution in [0.1, 0.15) is 13.3 Å². The number of nitrogens with zero attached hydrogens (tertiary/aromatic N) is 3. The first-order valence-corrected chi connectivity index (χ1v) is 9.82. The lowest BCUT2D eigenvalue weighted by atomic mass is 10.2. The summed E-state index contributed by atoms with van der Waals surface area (Å²) >= 11 is 0. The Morgan fingerprint density at radius 2 is 2.17 bits per heavy atom. The molecule has 0 bridgehead atoms. The van der Waals surface area contributed by atoms with Crippen molar-refractivity contribution in [3.63, 3.8) is 0 Å². The van der Waals surface area contributed by atoms with Gasteiger partial charge in [0.1, 0.15) is 12.3 Å². The van der Waals surface area contributed by atoms with Crippen molar-refractivity contribution < 1.29 is 9.53 Å². The van der Waals surface area contributed by atoms with E-state index in [9.17, 15) is 4.79 Å². The Balaban J connectivity index is 1.56. The first kappa shape index (κ1) is 20.4. The lowest BCUT2D eigenvalue weighted by Crippen LogP contribution is -2.45. The summed E-state index contributed by atoms with van der Waals surface area (Å²) in [5.41, 5.74) is 1.76. The van der Waals surface area contributed by atoms with E-state index >= 15 is 0 Å². The Morgan fingerprint density at radius 1 is 1.31 bits per heavy atom. The molecule has 8 heteroatoms. The van der Waals surface area contributed by atoms with Crippen LogP contribution in [0.5, 0.6) is 5.75 Å². The number of hydrogen-bond acceptors (Lipinski definition) is 5. The molecule has 1 amide bonds. The average Bonchev–Trinajstić information content (AvgIpc) is 3.21. The second-order valence-corrected chi connectivity index (χ2v) is 6.73. The van der Waals surface area contributed by atoms with Crippen molar-refractivity contribution in [2.45, 2.75) is 19.4 Å². The maximum absolute atomic E-state index is 12.1. The molecule has 0 saturated carbocycles. The quantitative estimate of drug-likeness (QED) is 0.489. The van der Waals surface area contributed by atoms with Crippen molar-refractivity contribution in [2.75, 3.05) is 43.5 Å². The number of hydrogen-bond donors (Lipinski definition) is 3. The molecular weight excluding hydrogens is 368 g/mol. The number of ether oxygens (including phenoxy) is 1. The highest BCUT2D eigenvalue weighted by molar-refractivity contribution is 5.94. The van der Waals surface area contributed by atoms with Gasteiger partial charge in [0.05, 0.1) is 24.7 Å². The Kier molecular flexibility index (Phi) is 7.27. The fraction of sp³-hybridized carbons (Fsp3) is 0.381. The number of benzene rings is 1. The van der Waals surface area contributed by atoms with Crippen LogP contribution in [0.15, 0.2) is 53.8 Å². The third-order valence-electron chi connectivity index (χ3n) is 4.63. The first-order valence-electron chi connectivity index (χ1n) is 9.82. The summed E-state index contributed by atoms with van der Waals surface area (Å²) in [4.78, 5) is 22.9. The lowest BCUT2D eigenvalue weighted by Gasteiger charge is -2.22. The van der Waals surface area contributed by atoms with E-state index in [0.717, 1.165) is 37.5 Å². The minimum absolute atomic E-state index is 0.0349. The smallest absolute Gasteiger partial charge is 0.246 e. The summed E-state index contributed by atoms with van der Waals surface area (Å²) in [7, 11) is 1.69. The van der Waals surface area contributed by atoms with E-state index in [0.29, 0.717) is 11.6 Å². The van der Waals surface area contributed by atoms with Gasteiger partial charge >= 0.3 is 0 Å². The molecule has 1 saturated heterocycles. The zero-order valence-corrected chi connectivity index (χ0v) is 16.9. The van der Waals surface area contributed by atoms with Gasteiger partial charge in [0.2, 0.25) is 5.91 Å². The molecule has 1 fully saturated rings. The van der Waals surface area contributed by atoms with Crippen molar-refractivity contribution in [3.8, 4) is 5.75 Å². The zero-order chi connectivity index (χ0) is 20.5. The highest BCUT2D eigenvalue weighted by Crippen LogP contribution is 2.30. The summed E-state index contributed by atoms with van der Waals surface area (Å²) in [6, 6.07) is 11.8. The van der Waals surface area contributed by atoms with Crippen LogP contribution >= 0.6 is 0 Å². The van der Waals surface area contributed by atoms with Gasteiger partial charge in [-0.2, -0.15) is 0 Å². The van der Waals surface area contributed by atoms with Crippen LogP contribution in [0.25, 0.3) is 0 Å². The minimum Gasteiger partial charge on any atom is -0.495 e. The molecule has 0 spiro atoms. The Labute approximate surface area is 171 Å². The first-order chi connectivity index (χ1) is 14.2. The van der Waals surface area contributed by atoms with E-state index in [4.69, 9.17) is 4.74 Å². The SMILES string of the molecule is CCNC(=NCC(=O)Nc1cccnc1)NC1CCN(c2ccccc2OC)C1. The number of para-hydroxylation sites is 2. The molecule has 1 aromatic carbocycles. The summed E-state index contributed by atoms with van der Waals surface area (Å²) in [5, 5.41) is 9.43. The van der Waals surface area contributed by atoms with Crippen LogP contribution in [-0.4, -0.2) is 56.2 Å². The third kappa shape index (κ3) is 5.84. The summed E-state index contributed by atoms with van der Waals surface area (Å²) in [6.45, 7) is 4.53. The molecule has 2 heterocycles. The number of carbonyl (C=O) groups is 1. The van der Waals surface area contributed by atoms with E-state index in [2.05, 4.69) is 36.9 Å². The number of nitrogens with one attached hydrogen (secondary N) is 3. The Bertz CT molecular complexity index is 827. The van der Waals surface area contributed by atoms with Crippen molar-refractivity contribution in [1.29, 1.82) is 0 Å². The fourth-order valence-corrected chi connectivity index (χ4v) is 3.29. The molecule has 1 aliphatic heterocycles. The molecule has 0 aliphatic carbocycles. The highest BCUT2D eigenvalue weighted by Gasteiger charge is 2.25. The maximum Gasteiger partial charge on any atom is 0.246 e. The second kappa shape index (κ2) is 10.3. The molecule has 1 atom stereocenters. The van der Waals surface area contributed by atoms with Gasteiger partial charge in [0.15, 0.2) is 5.96 Å². The van der Waals surface area contributed by atoms with Gasteiger partial charge in [-0.15, -0.1) is 0 Å². The molecule has 29 heavy (non-hydrogen) atoms. The highest BCUT2D eigenvalue weighted by atomic mass is 16.5. The Morgan fingerprint density at radius 3 is 2.93 bits per heavy atom. The van der Waals surface area contributed by atoms with Crippen LogP contribution in [0.2, 0.25) is 0 Å². The fourth-order valence-electron chi connectivity index (χ4n) is 3.29. The van der Waals surface area contributed by atoms with E-state index in [1.54, 1.807) is 31.6 Å². The van der Waals surface area contributed by atoms with Gasteiger partial charge in [0, 0.05) is 31.9 Å². The molecular formula is C21H28N6O2. The normalized spacial score (nSPS) is 16.4. The number of aromatic nitrogens is 1. The molecule has 0 radical (unpaired) electrons. The van der Waals surface area contributed by atoms with Crippen molar-refractivity contribution >= 4 is 23.2 Å². The maximum atomic E-state index is 12.1. The number of carbonyl (C=O) groups excluding carboxylic acids is 1. The molecule has 154 valence electrons. The number of rotatable bonds is 7. The molecule has 1 aromatic heterocycles. The largest absolute Gasteiger partial charge is 0.495 e. The molecule has 3 rings (SSSR count). The standard InChI is InChI=1S/C21H28N6O2/c1-3-23-21(24-14-20(28)25-16-7-6-11-22-13-16)26-17-10-12-27(15-17)18-8-4-5-9-19(18)29-2/h4-9,11,13,17H,3,10,12,14-15H2,1-2H3,(H,25,28)(H2,23,24,26). The molecule has 1 aliphatic rings. The predicted molar refractivity (Wildman–Crippen MR) is 116 cm³/mol. The van der Waals surface area contributed by atoms with Crippen LogP contribution in [-0.2, 0) is 4.79 Å². The number of pyridine rings is 1. The summed E-state index contributed by atoms with van der Waals surface area (Å²) < 4.78 is 5.48. The van der Waals surface area contributed by atoms with Crippen molar-refractivity contribution in [1.82, 2.24) is 15.6 Å². The van der Waals surface area contributed by atoms with Gasteiger partial charge in [-0.1, -0.05) is 12.1 Å². The van der Waals surface area contributed by atoms with Gasteiger partial charge < -0.3 is 25.6 Å². The van der Waals surface area contributed by atoms with E-state index in [1.807, 2.05) is 25.1 Å². The van der Waals surface area contributed by atoms with E-state index < -0.39 is 0 Å². The second-order valence-electron chi connectivity index (χ2n) is 6.73. The number of methoxy groups -OCH3 is 1. The lowest BCUT2D eigenvalue weighted by molar-refractivity contribution is -0.114. The van der Waals surface area contributed by atoms with Gasteiger partial charge in [-0.25, -0.2) is 4.99 Å². The minimum atomic E-state index is -0.183. The predicted octanol–water partition coefficient (Wildman–Crippen LogP) is 1.86. The number of aliphatic imine (C=N–C) groups is 1. The van der Waals surface area contributed by atoms with Crippen LogP contribution < -0.4 is 25.6 Å². The van der Waals surface area contributed by atoms with Gasteiger partial charge in [-0.05, 0) is 37.6 Å². The summed E-state index contributed by atoms with van der Waals surface area (Å²) in [6.07, 6.45) is 4.25. The monoisotopic (exact) mass is 396 g/mol. The summed E-state index contributed by atoms with van der Waals surface area (Å²) in [5.74, 6) is 1.33. The molecule has 1 unspecified atom stereocenters. The molecule has 3 N–H and O–H groups in total. The van der Waals surface area contributed by atoms with Crippen LogP contribution in [0.4, 0.5) is 11.4 Å². The third-order valence-corrected chi connectivity index (χ3v) is 4.63. The van der Waals surface area contributed by atoms with Gasteiger partial charge in [-0.3, -0.25) is 9.78 Å². The van der Waals surface area contributed by atoms with Crippen LogP contribution in [0, 0.1) is 0 Å². The molecule has 2 aromatic rings. The van der Waals surface area contributed by atoms with Crippen LogP contribution in [0.3, 0.4) is 0 Å². The topological polar surface area (TPSA) is 90.9 Å². The van der Waals surface area contributed by atoms with E-state index in [-0.39, 0.29) is 18.5 Å². The Hall–Kier alpha value is -3.29. The van der Waals surface area contributed by atoms with Crippen molar-refractivity contribution in [3.05, 3.63) is 48.8 Å². The number of anilines is 2. The zero-order valence-electron chi connectivity index (χ0n) is 16.9. The van der Waals surface area contributed by atoms with E-state index in [1.165, 1.54) is 0 Å². The number of guanidine groups is 1. The average molecular weight is 396 g/mol. The van der Waals surface area contributed by atoms with Crippen molar-refractivity contribution in [2.24, 2.45) is 4.99 Å². The number of amides is 1. The van der Waals surface area contributed by atoms with Gasteiger partial charge in [0.25, 0.3) is 0 Å².